The van der Waals surface area contributed by atoms with Crippen molar-refractivity contribution in [3.8, 4) is 0 Å². The number of sulfonamides is 1. The van der Waals surface area contributed by atoms with Gasteiger partial charge in [-0.15, -0.1) is 0 Å². The van der Waals surface area contributed by atoms with Crippen LogP contribution in [0.5, 0.6) is 0 Å². The minimum absolute atomic E-state index is 0.0388. The maximum atomic E-state index is 12.4. The second-order valence-corrected chi connectivity index (χ2v) is 8.98. The first-order valence-corrected chi connectivity index (χ1v) is 11.1. The Morgan fingerprint density at radius 3 is 2.61 bits per heavy atom. The fourth-order valence-electron chi connectivity index (χ4n) is 3.63. The normalized spacial score (nSPS) is 19.9. The van der Waals surface area contributed by atoms with Crippen LogP contribution in [0.25, 0.3) is 0 Å². The van der Waals surface area contributed by atoms with Gasteiger partial charge in [0.05, 0.1) is 4.90 Å². The number of hydrogen-bond acceptors (Lipinski definition) is 6. The summed E-state index contributed by atoms with van der Waals surface area (Å²) in [5, 5.41) is 3.90. The molecule has 2 aliphatic heterocycles. The van der Waals surface area contributed by atoms with E-state index in [1.165, 1.54) is 43.9 Å². The van der Waals surface area contributed by atoms with Gasteiger partial charge in [0.15, 0.2) is 5.11 Å². The Labute approximate surface area is 170 Å². The van der Waals surface area contributed by atoms with Crippen molar-refractivity contribution < 1.29 is 8.42 Å². The van der Waals surface area contributed by atoms with Crippen LogP contribution in [0.2, 0.25) is 0 Å². The molecule has 1 aromatic heterocycles. The molecule has 0 unspecified atom stereocenters. The standard InChI is InChI=1S/C18H22N6O2S2/c25-28(26,22-17-19-8-2-9-20-17)16-6-4-14(5-7-16)21-18(27)24-12-11-23-10-1-3-15(23)13-24/h2,4-9,15H,1,3,10-13H2,(H,21,27)(H,19,20,22)/t15-/m0/s1. The van der Waals surface area contributed by atoms with E-state index >= 15 is 0 Å². The van der Waals surface area contributed by atoms with Crippen molar-refractivity contribution in [1.29, 1.82) is 0 Å². The van der Waals surface area contributed by atoms with Gasteiger partial charge in [0.1, 0.15) is 0 Å². The summed E-state index contributed by atoms with van der Waals surface area (Å²) >= 11 is 5.56. The Kier molecular flexibility index (Phi) is 5.42. The summed E-state index contributed by atoms with van der Waals surface area (Å²) in [6.07, 6.45) is 5.44. The van der Waals surface area contributed by atoms with Gasteiger partial charge in [0, 0.05) is 43.8 Å². The van der Waals surface area contributed by atoms with Crippen molar-refractivity contribution in [2.24, 2.45) is 0 Å². The molecular weight excluding hydrogens is 396 g/mol. The summed E-state index contributed by atoms with van der Waals surface area (Å²) in [6, 6.07) is 8.69. The van der Waals surface area contributed by atoms with E-state index in [-0.39, 0.29) is 10.8 Å². The number of aromatic nitrogens is 2. The van der Waals surface area contributed by atoms with Gasteiger partial charge in [0.25, 0.3) is 10.0 Å². The van der Waals surface area contributed by atoms with Crippen LogP contribution in [-0.2, 0) is 10.0 Å². The third-order valence-electron chi connectivity index (χ3n) is 5.08. The summed E-state index contributed by atoms with van der Waals surface area (Å²) in [6.45, 7) is 4.09. The number of piperazine rings is 1. The Bertz CT molecular complexity index is 936. The monoisotopic (exact) mass is 418 g/mol. The number of rotatable bonds is 4. The number of fused-ring (bicyclic) bond motifs is 1. The third kappa shape index (κ3) is 4.23. The van der Waals surface area contributed by atoms with E-state index in [4.69, 9.17) is 12.2 Å². The lowest BCUT2D eigenvalue weighted by molar-refractivity contribution is 0.153. The van der Waals surface area contributed by atoms with Gasteiger partial charge in [-0.2, -0.15) is 0 Å². The predicted molar refractivity (Wildman–Crippen MR) is 112 cm³/mol. The first-order valence-electron chi connectivity index (χ1n) is 9.21. The smallest absolute Gasteiger partial charge is 0.264 e. The van der Waals surface area contributed by atoms with Crippen LogP contribution in [0.3, 0.4) is 0 Å². The summed E-state index contributed by atoms with van der Waals surface area (Å²) in [7, 11) is -3.74. The van der Waals surface area contributed by atoms with E-state index in [0.29, 0.717) is 11.2 Å². The van der Waals surface area contributed by atoms with E-state index in [1.54, 1.807) is 18.2 Å². The van der Waals surface area contributed by atoms with Crippen molar-refractivity contribution in [2.45, 2.75) is 23.8 Å². The van der Waals surface area contributed by atoms with Gasteiger partial charge in [0.2, 0.25) is 5.95 Å². The highest BCUT2D eigenvalue weighted by Gasteiger charge is 2.31. The number of nitrogens with one attached hydrogen (secondary N) is 2. The summed E-state index contributed by atoms with van der Waals surface area (Å²) < 4.78 is 27.2. The zero-order valence-electron chi connectivity index (χ0n) is 15.3. The van der Waals surface area contributed by atoms with E-state index in [9.17, 15) is 8.42 Å². The minimum atomic E-state index is -3.74. The molecular formula is C18H22N6O2S2. The van der Waals surface area contributed by atoms with Crippen LogP contribution in [0.15, 0.2) is 47.6 Å². The largest absolute Gasteiger partial charge is 0.346 e. The average Bonchev–Trinajstić information content (AvgIpc) is 3.16. The van der Waals surface area contributed by atoms with Crippen LogP contribution in [0.4, 0.5) is 11.6 Å². The van der Waals surface area contributed by atoms with Gasteiger partial charge in [-0.3, -0.25) is 4.90 Å². The van der Waals surface area contributed by atoms with Crippen molar-refractivity contribution in [1.82, 2.24) is 19.8 Å². The van der Waals surface area contributed by atoms with Crippen LogP contribution in [-0.4, -0.2) is 65.5 Å². The molecule has 2 aliphatic rings. The molecule has 28 heavy (non-hydrogen) atoms. The molecule has 2 fully saturated rings. The molecule has 0 saturated carbocycles. The molecule has 0 spiro atoms. The zero-order valence-corrected chi connectivity index (χ0v) is 16.9. The molecule has 10 heteroatoms. The Morgan fingerprint density at radius 2 is 1.86 bits per heavy atom. The van der Waals surface area contributed by atoms with Gasteiger partial charge in [-0.25, -0.2) is 23.1 Å². The summed E-state index contributed by atoms with van der Waals surface area (Å²) in [4.78, 5) is 12.6. The SMILES string of the molecule is O=S(=O)(Nc1ncccn1)c1ccc(NC(=S)N2CCN3CCC[C@H]3C2)cc1. The van der Waals surface area contributed by atoms with Gasteiger partial charge in [-0.05, 0) is 61.9 Å². The molecule has 2 aromatic rings. The maximum absolute atomic E-state index is 12.4. The first-order chi connectivity index (χ1) is 13.5. The number of nitrogens with zero attached hydrogens (tertiary/aromatic N) is 4. The second-order valence-electron chi connectivity index (χ2n) is 6.91. The van der Waals surface area contributed by atoms with Gasteiger partial charge >= 0.3 is 0 Å². The Balaban J connectivity index is 1.38. The lowest BCUT2D eigenvalue weighted by Gasteiger charge is -2.38. The van der Waals surface area contributed by atoms with Crippen LogP contribution in [0.1, 0.15) is 12.8 Å². The molecule has 1 aromatic carbocycles. The summed E-state index contributed by atoms with van der Waals surface area (Å²) in [5.74, 6) is 0.0388. The molecule has 2 saturated heterocycles. The van der Waals surface area contributed by atoms with E-state index in [2.05, 4.69) is 29.8 Å². The molecule has 0 radical (unpaired) electrons. The lowest BCUT2D eigenvalue weighted by Crippen LogP contribution is -2.53. The molecule has 8 nitrogen and oxygen atoms in total. The van der Waals surface area contributed by atoms with Crippen molar-refractivity contribution in [3.05, 3.63) is 42.7 Å². The summed E-state index contributed by atoms with van der Waals surface area (Å²) in [5.41, 5.74) is 0.758. The van der Waals surface area contributed by atoms with Crippen molar-refractivity contribution in [3.63, 3.8) is 0 Å². The minimum Gasteiger partial charge on any atom is -0.346 e. The molecule has 148 valence electrons. The highest BCUT2D eigenvalue weighted by molar-refractivity contribution is 7.92. The second kappa shape index (κ2) is 7.98. The topological polar surface area (TPSA) is 90.5 Å². The number of anilines is 2. The lowest BCUT2D eigenvalue weighted by atomic mass is 10.2. The molecule has 4 rings (SSSR count). The quantitative estimate of drug-likeness (QED) is 0.726. The molecule has 0 bridgehead atoms. The molecule has 1 atom stereocenters. The Hall–Kier alpha value is -2.30. The predicted octanol–water partition coefficient (Wildman–Crippen LogP) is 1.75. The average molecular weight is 419 g/mol. The van der Waals surface area contributed by atoms with Crippen LogP contribution < -0.4 is 10.0 Å². The molecule has 3 heterocycles. The van der Waals surface area contributed by atoms with Gasteiger partial charge < -0.3 is 10.2 Å². The number of thiocarbonyl (C=S) groups is 1. The maximum Gasteiger partial charge on any atom is 0.264 e. The molecule has 0 amide bonds. The van der Waals surface area contributed by atoms with Gasteiger partial charge in [-0.1, -0.05) is 0 Å². The van der Waals surface area contributed by atoms with Crippen molar-refractivity contribution >= 4 is 39.0 Å². The van der Waals surface area contributed by atoms with Crippen LogP contribution in [0, 0.1) is 0 Å². The fraction of sp³-hybridized carbons (Fsp3) is 0.389. The highest BCUT2D eigenvalue weighted by atomic mass is 32.2. The molecule has 0 aliphatic carbocycles. The highest BCUT2D eigenvalue weighted by Crippen LogP contribution is 2.22. The van der Waals surface area contributed by atoms with E-state index in [1.807, 2.05) is 0 Å². The molecule has 2 N–H and O–H groups in total. The van der Waals surface area contributed by atoms with Crippen LogP contribution >= 0.6 is 12.2 Å². The first kappa shape index (κ1) is 19.0. The zero-order chi connectivity index (χ0) is 19.6. The third-order valence-corrected chi connectivity index (χ3v) is 6.79. The Morgan fingerprint density at radius 1 is 1.11 bits per heavy atom. The number of benzene rings is 1. The number of hydrogen-bond donors (Lipinski definition) is 2. The van der Waals surface area contributed by atoms with E-state index in [0.717, 1.165) is 25.3 Å². The van der Waals surface area contributed by atoms with E-state index < -0.39 is 10.0 Å². The fourth-order valence-corrected chi connectivity index (χ4v) is 4.87. The van der Waals surface area contributed by atoms with Crippen molar-refractivity contribution in [2.75, 3.05) is 36.2 Å².